The van der Waals surface area contributed by atoms with Gasteiger partial charge in [0.15, 0.2) is 0 Å². The van der Waals surface area contributed by atoms with Crippen LogP contribution in [0.3, 0.4) is 0 Å². The Kier molecular flexibility index (Phi) is 3.67. The Hall–Kier alpha value is -1.09. The lowest BCUT2D eigenvalue weighted by Gasteiger charge is -2.22. The van der Waals surface area contributed by atoms with E-state index in [0.29, 0.717) is 0 Å². The molecule has 1 aromatic rings. The van der Waals surface area contributed by atoms with Crippen LogP contribution in [0.25, 0.3) is 0 Å². The molecule has 1 aliphatic carbocycles. The zero-order chi connectivity index (χ0) is 12.4. The molecule has 3 nitrogen and oxygen atoms in total. The predicted molar refractivity (Wildman–Crippen MR) is 71.8 cm³/mol. The van der Waals surface area contributed by atoms with Crippen LogP contribution < -0.4 is 5.73 Å². The molecule has 0 spiro atoms. The molecule has 2 rings (SSSR count). The summed E-state index contributed by atoms with van der Waals surface area (Å²) in [4.78, 5) is 7.09. The van der Waals surface area contributed by atoms with E-state index in [4.69, 9.17) is 5.73 Å². The summed E-state index contributed by atoms with van der Waals surface area (Å²) in [6, 6.07) is 0.790. The van der Waals surface area contributed by atoms with E-state index >= 15 is 0 Å². The molecule has 0 aliphatic heterocycles. The Bertz CT molecular complexity index is 397. The molecule has 3 heteroatoms. The van der Waals surface area contributed by atoms with E-state index in [9.17, 15) is 0 Å². The van der Waals surface area contributed by atoms with Crippen molar-refractivity contribution in [2.24, 2.45) is 0 Å². The number of nitrogen functional groups attached to an aromatic ring is 1. The standard InChI is InChI=1S/C14H23N3/c1-4-7-17(12-5-6-12)9-13-11(3)14(15)10(2)8-16-13/h8,12H,4-7,9H2,1-3H3,(H2,15,16). The van der Waals surface area contributed by atoms with Gasteiger partial charge < -0.3 is 5.73 Å². The summed E-state index contributed by atoms with van der Waals surface area (Å²) >= 11 is 0. The highest BCUT2D eigenvalue weighted by Crippen LogP contribution is 2.29. The number of aromatic nitrogens is 1. The third kappa shape index (κ3) is 2.78. The molecule has 1 fully saturated rings. The molecule has 1 heterocycles. The lowest BCUT2D eigenvalue weighted by atomic mass is 10.1. The molecule has 0 amide bonds. The van der Waals surface area contributed by atoms with E-state index in [1.807, 2.05) is 13.1 Å². The molecule has 0 bridgehead atoms. The average Bonchev–Trinajstić information content (AvgIpc) is 3.13. The van der Waals surface area contributed by atoms with Crippen LogP contribution in [-0.4, -0.2) is 22.5 Å². The largest absolute Gasteiger partial charge is 0.398 e. The number of aryl methyl sites for hydroxylation is 1. The molecule has 0 unspecified atom stereocenters. The Morgan fingerprint density at radius 2 is 2.12 bits per heavy atom. The molecule has 1 saturated carbocycles. The lowest BCUT2D eigenvalue weighted by Crippen LogP contribution is -2.27. The van der Waals surface area contributed by atoms with Crippen LogP contribution in [0.1, 0.15) is 43.0 Å². The topological polar surface area (TPSA) is 42.2 Å². The fourth-order valence-corrected chi connectivity index (χ4v) is 2.26. The summed E-state index contributed by atoms with van der Waals surface area (Å²) in [6.45, 7) is 8.46. The number of rotatable bonds is 5. The molecular formula is C14H23N3. The Morgan fingerprint density at radius 3 is 2.71 bits per heavy atom. The van der Waals surface area contributed by atoms with Crippen molar-refractivity contribution in [3.05, 3.63) is 23.0 Å². The highest BCUT2D eigenvalue weighted by atomic mass is 15.2. The molecule has 0 atom stereocenters. The smallest absolute Gasteiger partial charge is 0.0593 e. The van der Waals surface area contributed by atoms with Gasteiger partial charge in [-0.25, -0.2) is 0 Å². The summed E-state index contributed by atoms with van der Waals surface area (Å²) in [7, 11) is 0. The van der Waals surface area contributed by atoms with Gasteiger partial charge in [-0.2, -0.15) is 0 Å². The number of nitrogens with two attached hydrogens (primary N) is 1. The highest BCUT2D eigenvalue weighted by Gasteiger charge is 2.28. The normalized spacial score (nSPS) is 15.5. The molecular weight excluding hydrogens is 210 g/mol. The Labute approximate surface area is 104 Å². The van der Waals surface area contributed by atoms with Crippen LogP contribution in [0.4, 0.5) is 5.69 Å². The SMILES string of the molecule is CCCN(Cc1ncc(C)c(N)c1C)C1CC1. The van der Waals surface area contributed by atoms with Gasteiger partial charge in [0.1, 0.15) is 0 Å². The quantitative estimate of drug-likeness (QED) is 0.850. The Morgan fingerprint density at radius 1 is 1.41 bits per heavy atom. The molecule has 1 aromatic heterocycles. The third-order valence-corrected chi connectivity index (χ3v) is 3.60. The average molecular weight is 233 g/mol. The molecule has 0 saturated heterocycles. The van der Waals surface area contributed by atoms with E-state index in [1.54, 1.807) is 0 Å². The number of nitrogens with zero attached hydrogens (tertiary/aromatic N) is 2. The maximum Gasteiger partial charge on any atom is 0.0593 e. The van der Waals surface area contributed by atoms with Crippen molar-refractivity contribution in [3.63, 3.8) is 0 Å². The number of hydrogen-bond acceptors (Lipinski definition) is 3. The molecule has 0 radical (unpaired) electrons. The van der Waals surface area contributed by atoms with Crippen molar-refractivity contribution in [3.8, 4) is 0 Å². The van der Waals surface area contributed by atoms with Gasteiger partial charge in [0, 0.05) is 24.5 Å². The van der Waals surface area contributed by atoms with Gasteiger partial charge in [0.05, 0.1) is 5.69 Å². The fourth-order valence-electron chi connectivity index (χ4n) is 2.26. The van der Waals surface area contributed by atoms with Crippen molar-refractivity contribution in [2.45, 2.75) is 52.6 Å². The van der Waals surface area contributed by atoms with Crippen molar-refractivity contribution in [1.82, 2.24) is 9.88 Å². The first kappa shape index (κ1) is 12.4. The maximum absolute atomic E-state index is 6.07. The number of pyridine rings is 1. The first-order valence-corrected chi connectivity index (χ1v) is 6.58. The minimum atomic E-state index is 0.790. The second-order valence-electron chi connectivity index (χ2n) is 5.13. The van der Waals surface area contributed by atoms with Gasteiger partial charge in [-0.3, -0.25) is 9.88 Å². The van der Waals surface area contributed by atoms with Gasteiger partial charge in [-0.1, -0.05) is 6.92 Å². The van der Waals surface area contributed by atoms with Crippen LogP contribution in [0.5, 0.6) is 0 Å². The minimum Gasteiger partial charge on any atom is -0.398 e. The molecule has 17 heavy (non-hydrogen) atoms. The first-order valence-electron chi connectivity index (χ1n) is 6.58. The van der Waals surface area contributed by atoms with Gasteiger partial charge >= 0.3 is 0 Å². The van der Waals surface area contributed by atoms with E-state index in [1.165, 1.54) is 25.8 Å². The van der Waals surface area contributed by atoms with Crippen LogP contribution in [-0.2, 0) is 6.54 Å². The van der Waals surface area contributed by atoms with Gasteiger partial charge in [-0.05, 0) is 50.8 Å². The number of anilines is 1. The summed E-state index contributed by atoms with van der Waals surface area (Å²) in [5.74, 6) is 0. The van der Waals surface area contributed by atoms with E-state index in [-0.39, 0.29) is 0 Å². The van der Waals surface area contributed by atoms with Gasteiger partial charge in [0.2, 0.25) is 0 Å². The van der Waals surface area contributed by atoms with Crippen LogP contribution in [0.15, 0.2) is 6.20 Å². The fraction of sp³-hybridized carbons (Fsp3) is 0.643. The molecule has 1 aliphatic rings. The van der Waals surface area contributed by atoms with Crippen molar-refractivity contribution < 1.29 is 0 Å². The van der Waals surface area contributed by atoms with Crippen LogP contribution >= 0.6 is 0 Å². The lowest BCUT2D eigenvalue weighted by molar-refractivity contribution is 0.252. The third-order valence-electron chi connectivity index (χ3n) is 3.60. The van der Waals surface area contributed by atoms with E-state index in [0.717, 1.165) is 35.1 Å². The first-order chi connectivity index (χ1) is 8.13. The summed E-state index contributed by atoms with van der Waals surface area (Å²) in [5, 5.41) is 0. The van der Waals surface area contributed by atoms with Crippen LogP contribution in [0.2, 0.25) is 0 Å². The van der Waals surface area contributed by atoms with Crippen molar-refractivity contribution in [2.75, 3.05) is 12.3 Å². The second kappa shape index (κ2) is 5.05. The Balaban J connectivity index is 2.13. The molecule has 94 valence electrons. The summed E-state index contributed by atoms with van der Waals surface area (Å²) < 4.78 is 0. The summed E-state index contributed by atoms with van der Waals surface area (Å²) in [6.07, 6.45) is 5.80. The monoisotopic (exact) mass is 233 g/mol. The molecule has 2 N–H and O–H groups in total. The predicted octanol–water partition coefficient (Wildman–Crippen LogP) is 2.66. The van der Waals surface area contributed by atoms with Crippen molar-refractivity contribution >= 4 is 5.69 Å². The highest BCUT2D eigenvalue weighted by molar-refractivity contribution is 5.53. The van der Waals surface area contributed by atoms with E-state index < -0.39 is 0 Å². The zero-order valence-corrected chi connectivity index (χ0v) is 11.2. The second-order valence-corrected chi connectivity index (χ2v) is 5.13. The summed E-state index contributed by atoms with van der Waals surface area (Å²) in [5.41, 5.74) is 10.4. The van der Waals surface area contributed by atoms with Gasteiger partial charge in [-0.15, -0.1) is 0 Å². The van der Waals surface area contributed by atoms with E-state index in [2.05, 4.69) is 23.7 Å². The van der Waals surface area contributed by atoms with Crippen LogP contribution in [0, 0.1) is 13.8 Å². The maximum atomic E-state index is 6.07. The number of hydrogen-bond donors (Lipinski definition) is 1. The minimum absolute atomic E-state index is 0.790. The van der Waals surface area contributed by atoms with Gasteiger partial charge in [0.25, 0.3) is 0 Å². The molecule has 0 aromatic carbocycles. The zero-order valence-electron chi connectivity index (χ0n) is 11.2. The van der Waals surface area contributed by atoms with Crippen molar-refractivity contribution in [1.29, 1.82) is 0 Å².